The van der Waals surface area contributed by atoms with Gasteiger partial charge in [0.15, 0.2) is 6.10 Å². The molecule has 0 amide bonds. The molecule has 0 aromatic carbocycles. The Morgan fingerprint density at radius 3 is 1.41 bits per heavy atom. The molecular weight excluding hydrogens is 721 g/mol. The summed E-state index contributed by atoms with van der Waals surface area (Å²) in [4.78, 5) is 37.6. The van der Waals surface area contributed by atoms with Crippen LogP contribution >= 0.6 is 0 Å². The monoisotopic (exact) mass is 803 g/mol. The van der Waals surface area contributed by atoms with E-state index in [0.29, 0.717) is 12.8 Å². The number of hydrogen-bond donors (Lipinski definition) is 0. The third kappa shape index (κ3) is 43.2. The molecule has 0 spiro atoms. The number of carbonyl (C=O) groups excluding carboxylic acids is 3. The number of esters is 3. The number of ether oxygens (including phenoxy) is 3. The summed E-state index contributed by atoms with van der Waals surface area (Å²) < 4.78 is 16.5. The van der Waals surface area contributed by atoms with Crippen LogP contribution in [0.5, 0.6) is 0 Å². The molecule has 1 unspecified atom stereocenters. The maximum Gasteiger partial charge on any atom is 0.309 e. The standard InChI is InChI=1S/C52H82O6/c1-4-7-10-13-16-19-21-23-25-27-28-30-33-36-39-42-45-51(54)57-48-49(47-56-50(53)44-41-38-35-32-18-15-12-9-6-3)58-52(55)46-43-40-37-34-31-29-26-24-22-20-17-14-11-8-5-2/h8-9,11-12,14,17-18,20,22,24-27,29,31-32,38,41,49H,4-7,10,13,15-16,19,21,23,28,30,33-37,39-40,42-48H2,1-3H3/b11-8-,12-9-,17-14-,22-20-,26-24-,27-25-,31-29-,32-18-,41-38-. The third-order valence-corrected chi connectivity index (χ3v) is 9.15. The highest BCUT2D eigenvalue weighted by atomic mass is 16.6. The molecule has 326 valence electrons. The first kappa shape index (κ1) is 54.1. The van der Waals surface area contributed by atoms with Crippen LogP contribution in [-0.2, 0) is 28.6 Å². The van der Waals surface area contributed by atoms with E-state index in [1.807, 2.05) is 54.7 Å². The minimum Gasteiger partial charge on any atom is -0.462 e. The molecule has 0 aliphatic rings. The highest BCUT2D eigenvalue weighted by molar-refractivity contribution is 5.72. The van der Waals surface area contributed by atoms with Crippen molar-refractivity contribution in [1.29, 1.82) is 0 Å². The minimum absolute atomic E-state index is 0.120. The summed E-state index contributed by atoms with van der Waals surface area (Å²) in [6.07, 6.45) is 61.1. The lowest BCUT2D eigenvalue weighted by Crippen LogP contribution is -2.30. The van der Waals surface area contributed by atoms with Crippen LogP contribution in [0.2, 0.25) is 0 Å². The van der Waals surface area contributed by atoms with Crippen molar-refractivity contribution in [2.24, 2.45) is 0 Å². The predicted molar refractivity (Wildman–Crippen MR) is 247 cm³/mol. The molecule has 6 heteroatoms. The molecule has 0 bridgehead atoms. The second-order valence-electron chi connectivity index (χ2n) is 14.7. The van der Waals surface area contributed by atoms with Gasteiger partial charge in [0.25, 0.3) is 0 Å². The van der Waals surface area contributed by atoms with Crippen molar-refractivity contribution in [3.63, 3.8) is 0 Å². The fourth-order valence-electron chi connectivity index (χ4n) is 5.75. The topological polar surface area (TPSA) is 78.9 Å². The molecular formula is C52H82O6. The van der Waals surface area contributed by atoms with E-state index in [0.717, 1.165) is 77.0 Å². The molecule has 0 saturated heterocycles. The first-order chi connectivity index (χ1) is 28.5. The molecule has 0 radical (unpaired) electrons. The van der Waals surface area contributed by atoms with Crippen molar-refractivity contribution in [2.45, 2.75) is 187 Å². The van der Waals surface area contributed by atoms with E-state index >= 15 is 0 Å². The van der Waals surface area contributed by atoms with Gasteiger partial charge in [0.2, 0.25) is 0 Å². The number of allylic oxidation sites excluding steroid dienone is 17. The fourth-order valence-corrected chi connectivity index (χ4v) is 5.75. The van der Waals surface area contributed by atoms with Crippen molar-refractivity contribution in [3.05, 3.63) is 109 Å². The molecule has 0 saturated carbocycles. The molecule has 1 atom stereocenters. The maximum absolute atomic E-state index is 12.7. The zero-order valence-electron chi connectivity index (χ0n) is 37.0. The number of hydrogen-bond acceptors (Lipinski definition) is 6. The SMILES string of the molecule is CC\C=C/C=C\C=C/C=C\C=C/CCCCCC(=O)OC(COC(=O)C/C=C\C/C=C\C/C=C\CC)COC(=O)CCCCCCC/C=C\CCCCCCCCC. The van der Waals surface area contributed by atoms with Crippen molar-refractivity contribution >= 4 is 17.9 Å². The van der Waals surface area contributed by atoms with Gasteiger partial charge in [-0.25, -0.2) is 0 Å². The van der Waals surface area contributed by atoms with Crippen molar-refractivity contribution in [1.82, 2.24) is 0 Å². The van der Waals surface area contributed by atoms with E-state index in [4.69, 9.17) is 14.2 Å². The molecule has 0 aliphatic carbocycles. The lowest BCUT2D eigenvalue weighted by Gasteiger charge is -2.18. The molecule has 0 aliphatic heterocycles. The highest BCUT2D eigenvalue weighted by Gasteiger charge is 2.19. The number of unbranched alkanes of at least 4 members (excludes halogenated alkanes) is 15. The zero-order chi connectivity index (χ0) is 42.3. The third-order valence-electron chi connectivity index (χ3n) is 9.15. The van der Waals surface area contributed by atoms with Crippen LogP contribution in [0.1, 0.15) is 181 Å². The summed E-state index contributed by atoms with van der Waals surface area (Å²) in [5.74, 6) is -1.12. The minimum atomic E-state index is -0.839. The predicted octanol–water partition coefficient (Wildman–Crippen LogP) is 14.8. The second kappa shape index (κ2) is 45.8. The Balaban J connectivity index is 4.52. The maximum atomic E-state index is 12.7. The van der Waals surface area contributed by atoms with Gasteiger partial charge in [-0.2, -0.15) is 0 Å². The van der Waals surface area contributed by atoms with E-state index < -0.39 is 12.1 Å². The lowest BCUT2D eigenvalue weighted by molar-refractivity contribution is -0.166. The van der Waals surface area contributed by atoms with E-state index in [1.165, 1.54) is 57.8 Å². The van der Waals surface area contributed by atoms with Crippen molar-refractivity contribution in [2.75, 3.05) is 13.2 Å². The van der Waals surface area contributed by atoms with E-state index in [9.17, 15) is 14.4 Å². The molecule has 0 rings (SSSR count). The second-order valence-corrected chi connectivity index (χ2v) is 14.7. The van der Waals surface area contributed by atoms with Crippen LogP contribution in [0.15, 0.2) is 109 Å². The molecule has 0 aromatic heterocycles. The summed E-state index contributed by atoms with van der Waals surface area (Å²) in [6.45, 7) is 6.20. The van der Waals surface area contributed by atoms with Crippen LogP contribution in [0.3, 0.4) is 0 Å². The fraction of sp³-hybridized carbons (Fsp3) is 0.596. The Hall–Kier alpha value is -3.93. The van der Waals surface area contributed by atoms with E-state index in [-0.39, 0.29) is 38.0 Å². The highest BCUT2D eigenvalue weighted by Crippen LogP contribution is 2.12. The van der Waals surface area contributed by atoms with Crippen LogP contribution in [0, 0.1) is 0 Å². The molecule has 0 aromatic rings. The smallest absolute Gasteiger partial charge is 0.309 e. The Labute approximate surface area is 355 Å². The quantitative estimate of drug-likeness (QED) is 0.0202. The van der Waals surface area contributed by atoms with Gasteiger partial charge >= 0.3 is 17.9 Å². The Bertz CT molecular complexity index is 1240. The van der Waals surface area contributed by atoms with Crippen molar-refractivity contribution < 1.29 is 28.6 Å². The summed E-state index contributed by atoms with van der Waals surface area (Å²) >= 11 is 0. The summed E-state index contributed by atoms with van der Waals surface area (Å²) in [5, 5.41) is 0. The van der Waals surface area contributed by atoms with Gasteiger partial charge < -0.3 is 14.2 Å². The lowest BCUT2D eigenvalue weighted by atomic mass is 10.1. The first-order valence-corrected chi connectivity index (χ1v) is 23.0. The number of rotatable bonds is 39. The normalized spacial score (nSPS) is 13.1. The zero-order valence-corrected chi connectivity index (χ0v) is 37.0. The molecule has 0 heterocycles. The van der Waals surface area contributed by atoms with Crippen LogP contribution < -0.4 is 0 Å². The molecule has 58 heavy (non-hydrogen) atoms. The Kier molecular flexibility index (Phi) is 42.7. The molecule has 0 N–H and O–H groups in total. The summed E-state index contributed by atoms with van der Waals surface area (Å²) in [5.41, 5.74) is 0. The molecule has 6 nitrogen and oxygen atoms in total. The van der Waals surface area contributed by atoms with Gasteiger partial charge in [-0.3, -0.25) is 14.4 Å². The van der Waals surface area contributed by atoms with Gasteiger partial charge in [0.05, 0.1) is 6.42 Å². The average molecular weight is 803 g/mol. The van der Waals surface area contributed by atoms with Gasteiger partial charge in [0, 0.05) is 12.8 Å². The average Bonchev–Trinajstić information content (AvgIpc) is 3.22. The van der Waals surface area contributed by atoms with Gasteiger partial charge in [-0.05, 0) is 77.0 Å². The number of carbonyl (C=O) groups is 3. The van der Waals surface area contributed by atoms with Gasteiger partial charge in [-0.15, -0.1) is 0 Å². The van der Waals surface area contributed by atoms with E-state index in [2.05, 4.69) is 69.4 Å². The van der Waals surface area contributed by atoms with Gasteiger partial charge in [-0.1, -0.05) is 194 Å². The molecule has 0 fully saturated rings. The van der Waals surface area contributed by atoms with Crippen LogP contribution in [0.4, 0.5) is 0 Å². The summed E-state index contributed by atoms with van der Waals surface area (Å²) in [6, 6.07) is 0. The largest absolute Gasteiger partial charge is 0.462 e. The van der Waals surface area contributed by atoms with Crippen LogP contribution in [0.25, 0.3) is 0 Å². The first-order valence-electron chi connectivity index (χ1n) is 23.0. The summed E-state index contributed by atoms with van der Waals surface area (Å²) in [7, 11) is 0. The Morgan fingerprint density at radius 2 is 0.828 bits per heavy atom. The Morgan fingerprint density at radius 1 is 0.397 bits per heavy atom. The van der Waals surface area contributed by atoms with E-state index in [1.54, 1.807) is 6.08 Å². The van der Waals surface area contributed by atoms with Gasteiger partial charge in [0.1, 0.15) is 13.2 Å². The van der Waals surface area contributed by atoms with Crippen LogP contribution in [-0.4, -0.2) is 37.2 Å². The van der Waals surface area contributed by atoms with Crippen molar-refractivity contribution in [3.8, 4) is 0 Å².